The number of carbonyl (C=O) groups excluding carboxylic acids is 7. The van der Waals surface area contributed by atoms with Crippen molar-refractivity contribution in [1.82, 2.24) is 26.3 Å². The summed E-state index contributed by atoms with van der Waals surface area (Å²) >= 11 is 0. The number of hydrogen-bond acceptors (Lipinski definition) is 10. The Hall–Kier alpha value is -3.60. The molecule has 0 radical (unpaired) electrons. The van der Waals surface area contributed by atoms with E-state index in [1.807, 2.05) is 0 Å². The van der Waals surface area contributed by atoms with Crippen molar-refractivity contribution in [3.63, 3.8) is 0 Å². The summed E-state index contributed by atoms with van der Waals surface area (Å²) in [6.07, 6.45) is -0.452. The van der Waals surface area contributed by atoms with Gasteiger partial charge in [-0.1, -0.05) is 0 Å². The Balaban J connectivity index is 2.72. The molecule has 17 heteroatoms. The quantitative estimate of drug-likeness (QED) is 0.0905. The maximum atomic E-state index is 12.5. The zero-order valence-corrected chi connectivity index (χ0v) is 19.8. The Bertz CT molecular complexity index is 981. The fraction of sp³-hybridized carbons (Fsp3) is 0.611. The third-order valence-corrected chi connectivity index (χ3v) is 5.55. The van der Waals surface area contributed by atoms with Crippen LogP contribution >= 0.6 is 0 Å². The summed E-state index contributed by atoms with van der Waals surface area (Å²) in [5.74, 6) is -6.05. The Labute approximate surface area is 200 Å². The zero-order chi connectivity index (χ0) is 26.8. The molecule has 0 saturated carbocycles. The van der Waals surface area contributed by atoms with Crippen LogP contribution in [-0.2, 0) is 48.5 Å². The molecule has 0 bridgehead atoms. The lowest BCUT2D eigenvalue weighted by molar-refractivity contribution is -0.199. The van der Waals surface area contributed by atoms with E-state index in [0.29, 0.717) is 6.42 Å². The Morgan fingerprint density at radius 3 is 2.09 bits per heavy atom. The van der Waals surface area contributed by atoms with Gasteiger partial charge in [0.25, 0.3) is 21.9 Å². The lowest BCUT2D eigenvalue weighted by atomic mass is 10.1. The number of hydrogen-bond donors (Lipinski definition) is 5. The average molecular weight is 522 g/mol. The van der Waals surface area contributed by atoms with Crippen molar-refractivity contribution in [3.8, 4) is 0 Å². The first-order valence-corrected chi connectivity index (χ1v) is 11.8. The van der Waals surface area contributed by atoms with E-state index in [1.54, 1.807) is 0 Å². The van der Waals surface area contributed by atoms with Gasteiger partial charge >= 0.3 is 5.97 Å². The summed E-state index contributed by atoms with van der Waals surface area (Å²) in [5, 5.41) is 7.12. The molecule has 196 valence electrons. The van der Waals surface area contributed by atoms with Crippen LogP contribution in [0.25, 0.3) is 0 Å². The summed E-state index contributed by atoms with van der Waals surface area (Å²) < 4.78 is 31.5. The molecule has 2 unspecified atom stereocenters. The molecule has 5 N–H and O–H groups in total. The molecule has 0 aliphatic carbocycles. The van der Waals surface area contributed by atoms with Crippen LogP contribution in [0.2, 0.25) is 0 Å². The van der Waals surface area contributed by atoms with Crippen molar-refractivity contribution in [1.29, 1.82) is 0 Å². The van der Waals surface area contributed by atoms with Gasteiger partial charge in [-0.25, -0.2) is 4.79 Å². The first-order valence-electron chi connectivity index (χ1n) is 10.3. The van der Waals surface area contributed by atoms with Crippen LogP contribution in [0.4, 0.5) is 0 Å². The molecule has 0 aromatic carbocycles. The van der Waals surface area contributed by atoms with Gasteiger partial charge in [-0.15, -0.1) is 5.06 Å². The van der Waals surface area contributed by atoms with Crippen LogP contribution in [0.5, 0.6) is 0 Å². The van der Waals surface area contributed by atoms with Crippen LogP contribution in [0, 0.1) is 0 Å². The van der Waals surface area contributed by atoms with E-state index >= 15 is 0 Å². The summed E-state index contributed by atoms with van der Waals surface area (Å²) in [5.41, 5.74) is 0. The SMILES string of the molecule is CC(=O)NCC(=O)NCCCCC(NC(=O)CNC(C)=O)C(=O)ON1C(=O)CC(S(=O)(=O)O)C1=O. The van der Waals surface area contributed by atoms with Crippen molar-refractivity contribution in [2.24, 2.45) is 0 Å². The number of hydroxylamine groups is 2. The molecule has 16 nitrogen and oxygen atoms in total. The van der Waals surface area contributed by atoms with E-state index in [-0.39, 0.29) is 36.9 Å². The molecule has 6 amide bonds. The maximum absolute atomic E-state index is 12.5. The third-order valence-electron chi connectivity index (χ3n) is 4.46. The van der Waals surface area contributed by atoms with Crippen molar-refractivity contribution in [2.45, 2.75) is 50.8 Å². The van der Waals surface area contributed by atoms with Gasteiger partial charge in [0.1, 0.15) is 6.04 Å². The minimum absolute atomic E-state index is 0.0792. The molecular formula is C18H27N5O11S. The molecule has 1 aliphatic heterocycles. The topological polar surface area (TPSA) is 234 Å². The highest BCUT2D eigenvalue weighted by atomic mass is 32.2. The Kier molecular flexibility index (Phi) is 11.2. The van der Waals surface area contributed by atoms with Crippen LogP contribution in [0.3, 0.4) is 0 Å². The molecule has 35 heavy (non-hydrogen) atoms. The van der Waals surface area contributed by atoms with E-state index < -0.39 is 69.9 Å². The molecule has 0 aromatic rings. The van der Waals surface area contributed by atoms with Gasteiger partial charge in [0, 0.05) is 20.4 Å². The highest BCUT2D eigenvalue weighted by molar-refractivity contribution is 7.87. The monoisotopic (exact) mass is 521 g/mol. The molecule has 1 aliphatic rings. The predicted octanol–water partition coefficient (Wildman–Crippen LogP) is -3.50. The van der Waals surface area contributed by atoms with Crippen molar-refractivity contribution in [2.75, 3.05) is 19.6 Å². The van der Waals surface area contributed by atoms with E-state index in [1.165, 1.54) is 6.92 Å². The molecule has 1 saturated heterocycles. The molecule has 2 atom stereocenters. The molecule has 1 heterocycles. The fourth-order valence-electron chi connectivity index (χ4n) is 2.73. The molecule has 1 rings (SSSR count). The van der Waals surface area contributed by atoms with Crippen LogP contribution in [-0.4, -0.2) is 90.4 Å². The van der Waals surface area contributed by atoms with Gasteiger partial charge in [0.2, 0.25) is 23.6 Å². The second-order valence-corrected chi connectivity index (χ2v) is 9.03. The molecule has 1 fully saturated rings. The number of nitrogens with zero attached hydrogens (tertiary/aromatic N) is 1. The first kappa shape index (κ1) is 29.4. The van der Waals surface area contributed by atoms with Gasteiger partial charge < -0.3 is 26.1 Å². The third kappa shape index (κ3) is 10.5. The maximum Gasteiger partial charge on any atom is 0.355 e. The van der Waals surface area contributed by atoms with E-state index in [4.69, 9.17) is 9.39 Å². The van der Waals surface area contributed by atoms with Gasteiger partial charge in [0.05, 0.1) is 19.5 Å². The van der Waals surface area contributed by atoms with Gasteiger partial charge in [0.15, 0.2) is 5.25 Å². The second kappa shape index (κ2) is 13.3. The predicted molar refractivity (Wildman–Crippen MR) is 114 cm³/mol. The second-order valence-electron chi connectivity index (χ2n) is 7.43. The van der Waals surface area contributed by atoms with Crippen LogP contribution in [0.1, 0.15) is 39.5 Å². The zero-order valence-electron chi connectivity index (χ0n) is 19.0. The van der Waals surface area contributed by atoms with E-state index in [0.717, 1.165) is 6.92 Å². The number of amides is 6. The first-order chi connectivity index (χ1) is 16.2. The minimum Gasteiger partial charge on any atom is -0.355 e. The average Bonchev–Trinajstić information content (AvgIpc) is 3.03. The minimum atomic E-state index is -4.92. The normalized spacial score (nSPS) is 16.3. The standard InChI is InChI=1S/C18H27N5O11S/c1-10(24)20-8-14(26)19-6-4-3-5-12(22-15(27)9-21-11(2)25)18(30)34-23-16(28)7-13(17(23)29)35(31,32)33/h12-13H,3-9H2,1-2H3,(H,19,26)(H,20,24)(H,21,25)(H,22,27)(H,31,32,33). The van der Waals surface area contributed by atoms with Crippen molar-refractivity contribution >= 4 is 51.5 Å². The van der Waals surface area contributed by atoms with Crippen LogP contribution < -0.4 is 21.3 Å². The molecule has 0 aromatic heterocycles. The lowest BCUT2D eigenvalue weighted by Crippen LogP contribution is -2.48. The largest absolute Gasteiger partial charge is 0.355 e. The Morgan fingerprint density at radius 2 is 1.57 bits per heavy atom. The highest BCUT2D eigenvalue weighted by Crippen LogP contribution is 2.20. The smallest absolute Gasteiger partial charge is 0.355 e. The van der Waals surface area contributed by atoms with Gasteiger partial charge in [-0.05, 0) is 19.3 Å². The summed E-state index contributed by atoms with van der Waals surface area (Å²) in [7, 11) is -4.92. The van der Waals surface area contributed by atoms with Crippen molar-refractivity contribution < 1.29 is 51.4 Å². The van der Waals surface area contributed by atoms with Gasteiger partial charge in [-0.3, -0.25) is 33.3 Å². The lowest BCUT2D eigenvalue weighted by Gasteiger charge is -2.20. The summed E-state index contributed by atoms with van der Waals surface area (Å²) in [6, 6.07) is -1.41. The fourth-order valence-corrected chi connectivity index (χ4v) is 3.44. The van der Waals surface area contributed by atoms with Gasteiger partial charge in [-0.2, -0.15) is 8.42 Å². The van der Waals surface area contributed by atoms with E-state index in [2.05, 4.69) is 21.3 Å². The molecular weight excluding hydrogens is 494 g/mol. The number of nitrogens with one attached hydrogen (secondary N) is 4. The van der Waals surface area contributed by atoms with Crippen LogP contribution in [0.15, 0.2) is 0 Å². The van der Waals surface area contributed by atoms with E-state index in [9.17, 15) is 42.0 Å². The number of imide groups is 1. The molecule has 0 spiro atoms. The Morgan fingerprint density at radius 1 is 1.00 bits per heavy atom. The highest BCUT2D eigenvalue weighted by Gasteiger charge is 2.48. The number of rotatable bonds is 13. The summed E-state index contributed by atoms with van der Waals surface area (Å²) in [4.78, 5) is 86.6. The summed E-state index contributed by atoms with van der Waals surface area (Å²) in [6.45, 7) is 1.88. The number of unbranched alkanes of at least 4 members (excludes halogenated alkanes) is 1. The van der Waals surface area contributed by atoms with Crippen molar-refractivity contribution in [3.05, 3.63) is 0 Å². The number of carbonyl (C=O) groups is 7.